The Balaban J connectivity index is 1.31. The van der Waals surface area contributed by atoms with E-state index in [0.717, 1.165) is 25.1 Å². The largest absolute Gasteiger partial charge is 0.514 e. The molecular weight excluding hydrogens is 440 g/mol. The van der Waals surface area contributed by atoms with Crippen LogP contribution in [-0.2, 0) is 16.6 Å². The molecule has 2 aliphatic heterocycles. The summed E-state index contributed by atoms with van der Waals surface area (Å²) in [5.74, 6) is 1.84. The third-order valence-corrected chi connectivity index (χ3v) is 7.82. The van der Waals surface area contributed by atoms with Crippen LogP contribution in [0.3, 0.4) is 0 Å². The quantitative estimate of drug-likeness (QED) is 0.222. The molecule has 4 aliphatic rings. The number of methoxy groups -OCH3 is 1. The smallest absolute Gasteiger partial charge is 0.493 e. The monoisotopic (exact) mass is 464 g/mol. The molecule has 2 aromatic rings. The third-order valence-electron chi connectivity index (χ3n) is 7.82. The molecule has 0 unspecified atom stereocenters. The molecular formula is C25H24N2O7. The predicted octanol–water partition coefficient (Wildman–Crippen LogP) is 3.63. The number of piperidine rings is 1. The summed E-state index contributed by atoms with van der Waals surface area (Å²) >= 11 is 0. The van der Waals surface area contributed by atoms with Crippen molar-refractivity contribution < 1.29 is 28.7 Å². The summed E-state index contributed by atoms with van der Waals surface area (Å²) in [6.07, 6.45) is 3.96. The maximum atomic E-state index is 12.7. The highest BCUT2D eigenvalue weighted by Crippen LogP contribution is 2.62. The molecule has 0 amide bonds. The van der Waals surface area contributed by atoms with E-state index in [2.05, 4.69) is 24.1 Å². The summed E-state index contributed by atoms with van der Waals surface area (Å²) in [6, 6.07) is 9.71. The standard InChI is InChI=1S/C25H24N2O7/c1-26-12-11-25-17-8-10-20(33-24(28)32-16-6-4-15(5-7-16)27(29)30)23(25)34-22-19(31-2)9-3-14(21(22)25)13-18(17)26/h3-10,17-18,20,23H,11-13H2,1-2H3/t17-,18-,20-,23-,25-/m0/s1. The molecule has 1 fully saturated rings. The molecule has 2 bridgehead atoms. The molecule has 1 spiro atoms. The second kappa shape index (κ2) is 7.46. The van der Waals surface area contributed by atoms with Crippen molar-refractivity contribution in [2.45, 2.75) is 36.5 Å². The highest BCUT2D eigenvalue weighted by molar-refractivity contribution is 5.66. The first-order valence-corrected chi connectivity index (χ1v) is 11.3. The van der Waals surface area contributed by atoms with Crippen LogP contribution in [0, 0.1) is 16.0 Å². The topological polar surface area (TPSA) is 100 Å². The van der Waals surface area contributed by atoms with Crippen molar-refractivity contribution in [1.82, 2.24) is 4.90 Å². The van der Waals surface area contributed by atoms with Gasteiger partial charge in [0.2, 0.25) is 0 Å². The summed E-state index contributed by atoms with van der Waals surface area (Å²) in [7, 11) is 3.79. The second-order valence-electron chi connectivity index (χ2n) is 9.31. The number of hydrogen-bond acceptors (Lipinski definition) is 8. The zero-order valence-corrected chi connectivity index (χ0v) is 18.8. The van der Waals surface area contributed by atoms with Crippen LogP contribution < -0.4 is 14.2 Å². The zero-order valence-electron chi connectivity index (χ0n) is 18.8. The first-order chi connectivity index (χ1) is 16.4. The normalized spacial score (nSPS) is 30.2. The number of likely N-dealkylation sites (tertiary alicyclic amines) is 1. The van der Waals surface area contributed by atoms with Crippen LogP contribution in [0.25, 0.3) is 0 Å². The Kier molecular flexibility index (Phi) is 4.60. The number of benzene rings is 2. The lowest BCUT2D eigenvalue weighted by molar-refractivity contribution is -0.384. The van der Waals surface area contributed by atoms with E-state index in [-0.39, 0.29) is 22.8 Å². The Morgan fingerprint density at radius 1 is 1.21 bits per heavy atom. The average Bonchev–Trinajstić information content (AvgIpc) is 3.18. The molecule has 5 atom stereocenters. The van der Waals surface area contributed by atoms with E-state index in [4.69, 9.17) is 18.9 Å². The maximum Gasteiger partial charge on any atom is 0.514 e. The number of carbonyl (C=O) groups excluding carboxylic acids is 1. The van der Waals surface area contributed by atoms with Gasteiger partial charge in [0.1, 0.15) is 11.9 Å². The van der Waals surface area contributed by atoms with Gasteiger partial charge in [0, 0.05) is 35.1 Å². The summed E-state index contributed by atoms with van der Waals surface area (Å²) in [5.41, 5.74) is 2.06. The fourth-order valence-corrected chi connectivity index (χ4v) is 6.34. The SMILES string of the molecule is COc1ccc2c3c1O[C@H]1[C@@H](OC(=O)Oc4ccc([N+](=O)[O-])cc4)C=C[C@H]4[C@H](C2)N(C)CC[C@@]341. The lowest BCUT2D eigenvalue weighted by Crippen LogP contribution is -2.65. The van der Waals surface area contributed by atoms with E-state index in [1.807, 2.05) is 12.1 Å². The van der Waals surface area contributed by atoms with Crippen LogP contribution >= 0.6 is 0 Å². The number of hydrogen-bond donors (Lipinski definition) is 0. The minimum atomic E-state index is -0.884. The number of carbonyl (C=O) groups is 1. The van der Waals surface area contributed by atoms with E-state index >= 15 is 0 Å². The van der Waals surface area contributed by atoms with Gasteiger partial charge in [0.25, 0.3) is 5.69 Å². The molecule has 2 heterocycles. The fraction of sp³-hybridized carbons (Fsp3) is 0.400. The molecule has 2 aromatic carbocycles. The molecule has 6 rings (SSSR count). The predicted molar refractivity (Wildman–Crippen MR) is 120 cm³/mol. The van der Waals surface area contributed by atoms with Crippen LogP contribution in [0.1, 0.15) is 17.5 Å². The van der Waals surface area contributed by atoms with Crippen molar-refractivity contribution in [2.75, 3.05) is 20.7 Å². The minimum absolute atomic E-state index is 0.0861. The van der Waals surface area contributed by atoms with Gasteiger partial charge in [-0.1, -0.05) is 12.1 Å². The van der Waals surface area contributed by atoms with E-state index in [1.165, 1.54) is 35.4 Å². The summed E-state index contributed by atoms with van der Waals surface area (Å²) in [5, 5.41) is 10.8. The van der Waals surface area contributed by atoms with E-state index in [1.54, 1.807) is 7.11 Å². The van der Waals surface area contributed by atoms with Crippen LogP contribution in [-0.4, -0.2) is 54.9 Å². The number of likely N-dealkylation sites (N-methyl/N-ethyl adjacent to an activating group) is 1. The summed E-state index contributed by atoms with van der Waals surface area (Å²) < 4.78 is 23.2. The van der Waals surface area contributed by atoms with Crippen LogP contribution in [0.4, 0.5) is 10.5 Å². The number of nitrogens with zero attached hydrogens (tertiary/aromatic N) is 2. The number of nitro groups is 1. The van der Waals surface area contributed by atoms with Crippen molar-refractivity contribution in [3.05, 3.63) is 69.8 Å². The molecule has 1 saturated heterocycles. The van der Waals surface area contributed by atoms with Crippen molar-refractivity contribution in [3.8, 4) is 17.2 Å². The molecule has 0 N–H and O–H groups in total. The molecule has 0 saturated carbocycles. The summed E-state index contributed by atoms with van der Waals surface area (Å²) in [6.45, 7) is 0.922. The Hall–Kier alpha value is -3.59. The molecule has 9 heteroatoms. The van der Waals surface area contributed by atoms with Gasteiger partial charge in [-0.15, -0.1) is 0 Å². The third kappa shape index (κ3) is 2.86. The van der Waals surface area contributed by atoms with Gasteiger partial charge in [0.05, 0.1) is 12.0 Å². The van der Waals surface area contributed by atoms with Gasteiger partial charge < -0.3 is 23.8 Å². The number of non-ortho nitro benzene ring substituents is 1. The first kappa shape index (κ1) is 21.0. The highest BCUT2D eigenvalue weighted by atomic mass is 16.7. The number of ether oxygens (including phenoxy) is 4. The maximum absolute atomic E-state index is 12.7. The van der Waals surface area contributed by atoms with E-state index in [9.17, 15) is 14.9 Å². The fourth-order valence-electron chi connectivity index (χ4n) is 6.34. The Morgan fingerprint density at radius 3 is 2.74 bits per heavy atom. The molecule has 0 aromatic heterocycles. The lowest BCUT2D eigenvalue weighted by Gasteiger charge is -2.56. The van der Waals surface area contributed by atoms with Crippen LogP contribution in [0.15, 0.2) is 48.6 Å². The van der Waals surface area contributed by atoms with E-state index in [0.29, 0.717) is 11.8 Å². The second-order valence-corrected chi connectivity index (χ2v) is 9.31. The molecule has 34 heavy (non-hydrogen) atoms. The van der Waals surface area contributed by atoms with Crippen molar-refractivity contribution in [1.29, 1.82) is 0 Å². The Bertz CT molecular complexity index is 1210. The lowest BCUT2D eigenvalue weighted by atomic mass is 9.53. The Morgan fingerprint density at radius 2 is 2.00 bits per heavy atom. The van der Waals surface area contributed by atoms with Gasteiger partial charge in [-0.2, -0.15) is 0 Å². The van der Waals surface area contributed by atoms with Crippen LogP contribution in [0.5, 0.6) is 17.2 Å². The summed E-state index contributed by atoms with van der Waals surface area (Å²) in [4.78, 5) is 25.4. The Labute approximate surface area is 196 Å². The van der Waals surface area contributed by atoms with Gasteiger partial charge in [-0.3, -0.25) is 10.1 Å². The van der Waals surface area contributed by atoms with E-state index < -0.39 is 23.3 Å². The van der Waals surface area contributed by atoms with Gasteiger partial charge >= 0.3 is 6.16 Å². The number of nitro benzene ring substituents is 1. The average molecular weight is 464 g/mol. The van der Waals surface area contributed by atoms with Crippen molar-refractivity contribution in [3.63, 3.8) is 0 Å². The highest BCUT2D eigenvalue weighted by Gasteiger charge is 2.65. The van der Waals surface area contributed by atoms with Gasteiger partial charge in [0.15, 0.2) is 17.6 Å². The molecule has 9 nitrogen and oxygen atoms in total. The van der Waals surface area contributed by atoms with Gasteiger partial charge in [-0.25, -0.2) is 4.79 Å². The molecule has 176 valence electrons. The first-order valence-electron chi connectivity index (χ1n) is 11.3. The van der Waals surface area contributed by atoms with Gasteiger partial charge in [-0.05, 0) is 56.3 Å². The van der Waals surface area contributed by atoms with Crippen molar-refractivity contribution in [2.24, 2.45) is 5.92 Å². The van der Waals surface area contributed by atoms with Crippen LogP contribution in [0.2, 0.25) is 0 Å². The minimum Gasteiger partial charge on any atom is -0.493 e. The number of rotatable bonds is 4. The molecule has 2 aliphatic carbocycles. The van der Waals surface area contributed by atoms with Crippen molar-refractivity contribution >= 4 is 11.8 Å². The zero-order chi connectivity index (χ0) is 23.6. The molecule has 0 radical (unpaired) electrons.